The van der Waals surface area contributed by atoms with Crippen molar-refractivity contribution in [1.82, 2.24) is 5.32 Å². The first-order chi connectivity index (χ1) is 16.1. The van der Waals surface area contributed by atoms with Gasteiger partial charge in [0.15, 0.2) is 0 Å². The van der Waals surface area contributed by atoms with E-state index in [0.29, 0.717) is 0 Å². The molecule has 33 heavy (non-hydrogen) atoms. The normalized spacial score (nSPS) is 22.7. The third-order valence-electron chi connectivity index (χ3n) is 6.48. The molecule has 0 saturated carbocycles. The average Bonchev–Trinajstić information content (AvgIpc) is 3.35. The fraction of sp³-hybridized carbons (Fsp3) is 0.214. The van der Waals surface area contributed by atoms with Gasteiger partial charge in [-0.1, -0.05) is 84.9 Å². The number of hydrogen-bond acceptors (Lipinski definition) is 5. The SMILES string of the molecule is CCOC(=O)C1=C(C(=O)OCC)[C@]2(c3ccccc3)N[C@]1(c1ccccc1)c1ccccc12. The lowest BCUT2D eigenvalue weighted by molar-refractivity contribution is -0.142. The molecule has 2 aliphatic rings. The van der Waals surface area contributed by atoms with Crippen LogP contribution in [-0.2, 0) is 30.1 Å². The maximum absolute atomic E-state index is 13.6. The number of carbonyl (C=O) groups excluding carboxylic acids is 2. The second kappa shape index (κ2) is 8.01. The van der Waals surface area contributed by atoms with E-state index in [0.717, 1.165) is 22.3 Å². The van der Waals surface area contributed by atoms with Crippen molar-refractivity contribution < 1.29 is 19.1 Å². The molecule has 0 amide bonds. The molecule has 2 heterocycles. The molecule has 0 saturated heterocycles. The number of ether oxygens (including phenoxy) is 2. The maximum Gasteiger partial charge on any atom is 0.337 e. The molecule has 5 rings (SSSR count). The Labute approximate surface area is 193 Å². The number of rotatable bonds is 6. The monoisotopic (exact) mass is 439 g/mol. The standard InChI is InChI=1S/C28H25NO4/c1-3-32-25(30)23-24(26(31)33-4-2)28(20-15-9-6-10-16-20)22-18-12-11-17-21(22)27(23,29-28)19-13-7-5-8-14-19/h5-18,29H,3-4H2,1-2H3/t27-,28-/m1/s1. The molecule has 1 N–H and O–H groups in total. The Hall–Kier alpha value is -3.70. The first kappa shape index (κ1) is 21.2. The van der Waals surface area contributed by atoms with Crippen LogP contribution in [-0.4, -0.2) is 25.2 Å². The quantitative estimate of drug-likeness (QED) is 0.583. The summed E-state index contributed by atoms with van der Waals surface area (Å²) >= 11 is 0. The Morgan fingerprint density at radius 2 is 1.00 bits per heavy atom. The number of nitrogens with one attached hydrogen (secondary N) is 1. The van der Waals surface area contributed by atoms with Crippen molar-refractivity contribution in [3.8, 4) is 0 Å². The molecular formula is C28H25NO4. The zero-order chi connectivity index (χ0) is 23.1. The van der Waals surface area contributed by atoms with Crippen molar-refractivity contribution in [2.75, 3.05) is 13.2 Å². The van der Waals surface area contributed by atoms with Crippen molar-refractivity contribution in [1.29, 1.82) is 0 Å². The van der Waals surface area contributed by atoms with E-state index < -0.39 is 23.0 Å². The summed E-state index contributed by atoms with van der Waals surface area (Å²) < 4.78 is 11.1. The summed E-state index contributed by atoms with van der Waals surface area (Å²) in [7, 11) is 0. The van der Waals surface area contributed by atoms with E-state index in [1.807, 2.05) is 84.9 Å². The van der Waals surface area contributed by atoms with Gasteiger partial charge in [-0.25, -0.2) is 9.59 Å². The highest BCUT2D eigenvalue weighted by atomic mass is 16.5. The minimum Gasteiger partial charge on any atom is -0.463 e. The van der Waals surface area contributed by atoms with Crippen LogP contribution in [0.2, 0.25) is 0 Å². The van der Waals surface area contributed by atoms with Crippen LogP contribution in [0.5, 0.6) is 0 Å². The van der Waals surface area contributed by atoms with Crippen LogP contribution in [0.3, 0.4) is 0 Å². The van der Waals surface area contributed by atoms with E-state index in [1.165, 1.54) is 0 Å². The molecule has 5 nitrogen and oxygen atoms in total. The predicted molar refractivity (Wildman–Crippen MR) is 124 cm³/mol. The molecule has 5 heteroatoms. The van der Waals surface area contributed by atoms with Crippen molar-refractivity contribution >= 4 is 11.9 Å². The van der Waals surface area contributed by atoms with Crippen LogP contribution in [0, 0.1) is 0 Å². The zero-order valence-corrected chi connectivity index (χ0v) is 18.6. The van der Waals surface area contributed by atoms with Gasteiger partial charge < -0.3 is 9.47 Å². The number of carbonyl (C=O) groups is 2. The predicted octanol–water partition coefficient (Wildman–Crippen LogP) is 4.21. The zero-order valence-electron chi connectivity index (χ0n) is 18.6. The summed E-state index contributed by atoms with van der Waals surface area (Å²) in [6.45, 7) is 3.92. The fourth-order valence-electron chi connectivity index (χ4n) is 5.36. The Bertz CT molecular complexity index is 1150. The summed E-state index contributed by atoms with van der Waals surface area (Å²) in [5, 5.41) is 3.76. The second-order valence-corrected chi connectivity index (χ2v) is 8.09. The Balaban J connectivity index is 1.94. The van der Waals surface area contributed by atoms with Crippen LogP contribution >= 0.6 is 0 Å². The molecule has 166 valence electrons. The van der Waals surface area contributed by atoms with E-state index in [9.17, 15) is 9.59 Å². The number of benzene rings is 3. The maximum atomic E-state index is 13.6. The smallest absolute Gasteiger partial charge is 0.337 e. The number of fused-ring (bicyclic) bond motifs is 5. The van der Waals surface area contributed by atoms with Crippen molar-refractivity contribution in [2.45, 2.75) is 24.9 Å². The van der Waals surface area contributed by atoms with Gasteiger partial charge in [0.25, 0.3) is 0 Å². The molecule has 3 aromatic carbocycles. The van der Waals surface area contributed by atoms with E-state index in [1.54, 1.807) is 13.8 Å². The molecule has 2 aliphatic heterocycles. The van der Waals surface area contributed by atoms with Gasteiger partial charge in [0, 0.05) is 0 Å². The minimum absolute atomic E-state index is 0.198. The Morgan fingerprint density at radius 3 is 1.36 bits per heavy atom. The van der Waals surface area contributed by atoms with Gasteiger partial charge in [-0.15, -0.1) is 0 Å². The van der Waals surface area contributed by atoms with Gasteiger partial charge in [0.05, 0.1) is 24.4 Å². The molecule has 2 atom stereocenters. The van der Waals surface area contributed by atoms with Crippen molar-refractivity contribution in [2.24, 2.45) is 0 Å². The van der Waals surface area contributed by atoms with E-state index >= 15 is 0 Å². The van der Waals surface area contributed by atoms with E-state index in [4.69, 9.17) is 9.47 Å². The third kappa shape index (κ3) is 2.82. The molecule has 2 bridgehead atoms. The van der Waals surface area contributed by atoms with E-state index in [2.05, 4.69) is 5.32 Å². The van der Waals surface area contributed by atoms with Crippen LogP contribution in [0.25, 0.3) is 0 Å². The fourth-order valence-corrected chi connectivity index (χ4v) is 5.36. The summed E-state index contributed by atoms with van der Waals surface area (Å²) in [6.07, 6.45) is 0. The van der Waals surface area contributed by atoms with Gasteiger partial charge in [0.2, 0.25) is 0 Å². The lowest BCUT2D eigenvalue weighted by atomic mass is 9.68. The molecule has 0 radical (unpaired) electrons. The first-order valence-electron chi connectivity index (χ1n) is 11.2. The largest absolute Gasteiger partial charge is 0.463 e. The van der Waals surface area contributed by atoms with E-state index in [-0.39, 0.29) is 24.4 Å². The highest BCUT2D eigenvalue weighted by Gasteiger charge is 2.67. The highest BCUT2D eigenvalue weighted by Crippen LogP contribution is 2.61. The van der Waals surface area contributed by atoms with Gasteiger partial charge >= 0.3 is 11.9 Å². The van der Waals surface area contributed by atoms with Gasteiger partial charge in [-0.3, -0.25) is 5.32 Å². The molecular weight excluding hydrogens is 414 g/mol. The van der Waals surface area contributed by atoms with Crippen LogP contribution in [0.4, 0.5) is 0 Å². The van der Waals surface area contributed by atoms with Gasteiger partial charge in [0.1, 0.15) is 11.1 Å². The molecule has 0 unspecified atom stereocenters. The lowest BCUT2D eigenvalue weighted by Gasteiger charge is -2.32. The van der Waals surface area contributed by atoms with Crippen LogP contribution in [0.1, 0.15) is 36.1 Å². The second-order valence-electron chi connectivity index (χ2n) is 8.09. The Morgan fingerprint density at radius 1 is 0.636 bits per heavy atom. The molecule has 0 aliphatic carbocycles. The summed E-state index contributed by atoms with van der Waals surface area (Å²) in [4.78, 5) is 27.2. The summed E-state index contributed by atoms with van der Waals surface area (Å²) in [5.74, 6) is -1.05. The van der Waals surface area contributed by atoms with Gasteiger partial charge in [-0.2, -0.15) is 0 Å². The summed E-state index contributed by atoms with van der Waals surface area (Å²) in [5.41, 5.74) is 2.04. The van der Waals surface area contributed by atoms with Crippen molar-refractivity contribution in [3.05, 3.63) is 118 Å². The third-order valence-corrected chi connectivity index (χ3v) is 6.48. The molecule has 0 aromatic heterocycles. The molecule has 3 aromatic rings. The van der Waals surface area contributed by atoms with Crippen LogP contribution < -0.4 is 5.32 Å². The Kier molecular flexibility index (Phi) is 5.14. The average molecular weight is 440 g/mol. The van der Waals surface area contributed by atoms with Crippen molar-refractivity contribution in [3.63, 3.8) is 0 Å². The highest BCUT2D eigenvalue weighted by molar-refractivity contribution is 6.08. The number of hydrogen-bond donors (Lipinski definition) is 1. The molecule has 0 fully saturated rings. The summed E-state index contributed by atoms with van der Waals surface area (Å²) in [6, 6.07) is 27.4. The minimum atomic E-state index is -1.05. The first-order valence-corrected chi connectivity index (χ1v) is 11.2. The number of esters is 2. The van der Waals surface area contributed by atoms with Crippen LogP contribution in [0.15, 0.2) is 96.1 Å². The molecule has 0 spiro atoms. The topological polar surface area (TPSA) is 64.6 Å². The lowest BCUT2D eigenvalue weighted by Crippen LogP contribution is -2.45. The van der Waals surface area contributed by atoms with Gasteiger partial charge in [-0.05, 0) is 36.1 Å².